The number of para-hydroxylation sites is 1. The third-order valence-electron chi connectivity index (χ3n) is 4.03. The fourth-order valence-corrected chi connectivity index (χ4v) is 2.59. The smallest absolute Gasteiger partial charge is 0.324 e. The number of rotatable bonds is 6. The van der Waals surface area contributed by atoms with E-state index in [4.69, 9.17) is 0 Å². The van der Waals surface area contributed by atoms with Crippen LogP contribution in [-0.2, 0) is 9.59 Å². The molecular weight excluding hydrogens is 348 g/mol. The van der Waals surface area contributed by atoms with Crippen LogP contribution in [0, 0.1) is 0 Å². The van der Waals surface area contributed by atoms with Gasteiger partial charge in [-0.3, -0.25) is 14.5 Å². The topological polar surface area (TPSA) is 109 Å². The Labute approximate surface area is 156 Å². The summed E-state index contributed by atoms with van der Waals surface area (Å²) in [5.74, 6) is -0.746. The second-order valence-electron chi connectivity index (χ2n) is 6.61. The molecule has 1 saturated heterocycles. The number of nitrogens with one attached hydrogen (secondary N) is 2. The van der Waals surface area contributed by atoms with E-state index in [1.807, 2.05) is 30.3 Å². The molecule has 0 aliphatic carbocycles. The molecule has 27 heavy (non-hydrogen) atoms. The number of hydrogen-bond acceptors (Lipinski definition) is 5. The van der Waals surface area contributed by atoms with Crippen molar-refractivity contribution in [2.45, 2.75) is 25.8 Å². The van der Waals surface area contributed by atoms with Gasteiger partial charge in [-0.1, -0.05) is 18.2 Å². The lowest BCUT2D eigenvalue weighted by Gasteiger charge is -2.15. The second kappa shape index (κ2) is 7.40. The zero-order valence-corrected chi connectivity index (χ0v) is 15.0. The Morgan fingerprint density at radius 3 is 2.70 bits per heavy atom. The van der Waals surface area contributed by atoms with Gasteiger partial charge in [0.05, 0.1) is 18.1 Å². The molecule has 3 rings (SSSR count). The van der Waals surface area contributed by atoms with Gasteiger partial charge in [-0.05, 0) is 26.0 Å². The number of carbonyl (C=O) groups excluding carboxylic acids is 3. The molecule has 2 N–H and O–H groups in total. The molecule has 0 bridgehead atoms. The van der Waals surface area contributed by atoms with E-state index < -0.39 is 17.5 Å². The van der Waals surface area contributed by atoms with Gasteiger partial charge in [-0.25, -0.2) is 14.9 Å². The summed E-state index contributed by atoms with van der Waals surface area (Å²) in [5.41, 5.74) is 3.07. The molecule has 2 aromatic rings. The fourth-order valence-electron chi connectivity index (χ4n) is 2.59. The molecular formula is C18H20N6O3. The molecule has 140 valence electrons. The molecule has 9 nitrogen and oxygen atoms in total. The lowest BCUT2D eigenvalue weighted by Crippen LogP contribution is -2.40. The molecule has 2 heterocycles. The Morgan fingerprint density at radius 1 is 1.30 bits per heavy atom. The van der Waals surface area contributed by atoms with Gasteiger partial charge in [0.1, 0.15) is 5.54 Å². The summed E-state index contributed by atoms with van der Waals surface area (Å²) in [6.45, 7) is 3.24. The summed E-state index contributed by atoms with van der Waals surface area (Å²) in [7, 11) is 0. The zero-order valence-electron chi connectivity index (χ0n) is 15.0. The number of nitrogens with zero attached hydrogens (tertiary/aromatic N) is 4. The quantitative estimate of drug-likeness (QED) is 0.451. The molecule has 0 saturated carbocycles. The average molecular weight is 368 g/mol. The predicted octanol–water partition coefficient (Wildman–Crippen LogP) is 1.04. The van der Waals surface area contributed by atoms with Crippen LogP contribution in [0.15, 0.2) is 47.8 Å². The van der Waals surface area contributed by atoms with Crippen molar-refractivity contribution in [1.29, 1.82) is 0 Å². The van der Waals surface area contributed by atoms with Crippen LogP contribution in [0.5, 0.6) is 0 Å². The van der Waals surface area contributed by atoms with Crippen molar-refractivity contribution in [3.05, 3.63) is 48.3 Å². The molecule has 1 aromatic carbocycles. The first-order valence-corrected chi connectivity index (χ1v) is 8.43. The summed E-state index contributed by atoms with van der Waals surface area (Å²) in [4.78, 5) is 36.7. The van der Waals surface area contributed by atoms with E-state index in [0.717, 1.165) is 16.2 Å². The highest BCUT2D eigenvalue weighted by Gasteiger charge is 2.43. The molecule has 0 radical (unpaired) electrons. The molecule has 4 amide bonds. The first-order valence-electron chi connectivity index (χ1n) is 8.43. The van der Waals surface area contributed by atoms with E-state index in [0.29, 0.717) is 0 Å². The van der Waals surface area contributed by atoms with Crippen molar-refractivity contribution in [3.63, 3.8) is 0 Å². The Bertz CT molecular complexity index is 888. The Morgan fingerprint density at radius 2 is 2.04 bits per heavy atom. The third-order valence-corrected chi connectivity index (χ3v) is 4.03. The lowest BCUT2D eigenvalue weighted by atomic mass is 10.1. The maximum atomic E-state index is 12.0. The van der Waals surface area contributed by atoms with Crippen molar-refractivity contribution in [3.8, 4) is 5.69 Å². The number of aromatic nitrogens is 2. The molecule has 0 atom stereocenters. The molecule has 9 heteroatoms. The van der Waals surface area contributed by atoms with Gasteiger partial charge in [0.15, 0.2) is 0 Å². The Kier molecular flexibility index (Phi) is 5.02. The molecule has 1 fully saturated rings. The standard InChI is InChI=1S/C18H20N6O3/c1-18(2)16(26)23(17(27)21-18)9-8-15(25)22-19-10-13-11-20-24(12-13)14-6-4-3-5-7-14/h3-7,10-12H,8-9H2,1-2H3,(H,21,27)(H,22,25)/b19-10-. The van der Waals surface area contributed by atoms with E-state index >= 15 is 0 Å². The van der Waals surface area contributed by atoms with Crippen LogP contribution in [0.2, 0.25) is 0 Å². The molecule has 1 aromatic heterocycles. The number of hydrogen-bond donors (Lipinski definition) is 2. The SMILES string of the molecule is CC1(C)NC(=O)N(CCC(=O)N/N=C\c2cnn(-c3ccccc3)c2)C1=O. The molecule has 0 unspecified atom stereocenters. The third kappa shape index (κ3) is 4.20. The van der Waals surface area contributed by atoms with E-state index in [1.54, 1.807) is 30.9 Å². The van der Waals surface area contributed by atoms with Gasteiger partial charge in [0.2, 0.25) is 5.91 Å². The van der Waals surface area contributed by atoms with Crippen LogP contribution < -0.4 is 10.7 Å². The summed E-state index contributed by atoms with van der Waals surface area (Å²) < 4.78 is 1.70. The van der Waals surface area contributed by atoms with Crippen molar-refractivity contribution < 1.29 is 14.4 Å². The van der Waals surface area contributed by atoms with Gasteiger partial charge in [0, 0.05) is 24.7 Å². The maximum Gasteiger partial charge on any atom is 0.325 e. The highest BCUT2D eigenvalue weighted by Crippen LogP contribution is 2.16. The number of amides is 4. The Hall–Kier alpha value is -3.49. The molecule has 0 spiro atoms. The van der Waals surface area contributed by atoms with Gasteiger partial charge in [-0.15, -0.1) is 0 Å². The number of benzene rings is 1. The van der Waals surface area contributed by atoms with E-state index in [-0.39, 0.29) is 18.9 Å². The first kappa shape index (κ1) is 18.3. The largest absolute Gasteiger partial charge is 0.325 e. The normalized spacial score (nSPS) is 16.0. The predicted molar refractivity (Wildman–Crippen MR) is 98.2 cm³/mol. The highest BCUT2D eigenvalue weighted by molar-refractivity contribution is 6.06. The Balaban J connectivity index is 1.49. The van der Waals surface area contributed by atoms with Crippen LogP contribution in [0.25, 0.3) is 5.69 Å². The van der Waals surface area contributed by atoms with E-state index in [2.05, 4.69) is 20.9 Å². The van der Waals surface area contributed by atoms with Crippen molar-refractivity contribution in [1.82, 2.24) is 25.4 Å². The summed E-state index contributed by atoms with van der Waals surface area (Å²) >= 11 is 0. The maximum absolute atomic E-state index is 12.0. The highest BCUT2D eigenvalue weighted by atomic mass is 16.2. The average Bonchev–Trinajstić information content (AvgIpc) is 3.17. The van der Waals surface area contributed by atoms with Crippen LogP contribution in [-0.4, -0.2) is 50.8 Å². The molecule has 1 aliphatic rings. The number of carbonyl (C=O) groups is 3. The van der Waals surface area contributed by atoms with E-state index in [9.17, 15) is 14.4 Å². The second-order valence-corrected chi connectivity index (χ2v) is 6.61. The first-order chi connectivity index (χ1) is 12.9. The van der Waals surface area contributed by atoms with E-state index in [1.165, 1.54) is 6.21 Å². The minimum Gasteiger partial charge on any atom is -0.324 e. The van der Waals surface area contributed by atoms with Gasteiger partial charge in [0.25, 0.3) is 5.91 Å². The van der Waals surface area contributed by atoms with Gasteiger partial charge >= 0.3 is 6.03 Å². The van der Waals surface area contributed by atoms with Crippen molar-refractivity contribution in [2.24, 2.45) is 5.10 Å². The minimum absolute atomic E-state index is 0.00138. The number of hydrazone groups is 1. The number of imide groups is 1. The summed E-state index contributed by atoms with van der Waals surface area (Å²) in [5, 5.41) is 10.7. The van der Waals surface area contributed by atoms with Crippen molar-refractivity contribution >= 4 is 24.1 Å². The van der Waals surface area contributed by atoms with Gasteiger partial charge in [-0.2, -0.15) is 10.2 Å². The summed E-state index contributed by atoms with van der Waals surface area (Å²) in [6.07, 6.45) is 4.84. The number of urea groups is 1. The van der Waals surface area contributed by atoms with Gasteiger partial charge < -0.3 is 5.32 Å². The van der Waals surface area contributed by atoms with Crippen LogP contribution in [0.1, 0.15) is 25.8 Å². The van der Waals surface area contributed by atoms with Crippen LogP contribution >= 0.6 is 0 Å². The monoisotopic (exact) mass is 368 g/mol. The van der Waals surface area contributed by atoms with Crippen LogP contribution in [0.3, 0.4) is 0 Å². The summed E-state index contributed by atoms with van der Waals surface area (Å²) in [6, 6.07) is 9.11. The fraction of sp³-hybridized carbons (Fsp3) is 0.278. The van der Waals surface area contributed by atoms with Crippen LogP contribution in [0.4, 0.5) is 4.79 Å². The molecule has 1 aliphatic heterocycles. The lowest BCUT2D eigenvalue weighted by molar-refractivity contribution is -0.130. The zero-order chi connectivity index (χ0) is 19.4. The van der Waals surface area contributed by atoms with Crippen molar-refractivity contribution in [2.75, 3.05) is 6.54 Å². The minimum atomic E-state index is -0.940.